The molecule has 102 valence electrons. The SMILES string of the molecule is O=C(Nc1cccc(Cl)c1C(=O)O)c1ccc(Br)cc1. The van der Waals surface area contributed by atoms with Gasteiger partial charge in [-0.05, 0) is 36.4 Å². The van der Waals surface area contributed by atoms with E-state index in [0.29, 0.717) is 5.56 Å². The van der Waals surface area contributed by atoms with Gasteiger partial charge in [-0.2, -0.15) is 0 Å². The average Bonchev–Trinajstić information content (AvgIpc) is 2.39. The van der Waals surface area contributed by atoms with Gasteiger partial charge in [-0.1, -0.05) is 33.6 Å². The minimum absolute atomic E-state index is 0.0751. The molecule has 2 rings (SSSR count). The number of anilines is 1. The van der Waals surface area contributed by atoms with Crippen LogP contribution < -0.4 is 5.32 Å². The van der Waals surface area contributed by atoms with E-state index in [1.807, 2.05) is 0 Å². The van der Waals surface area contributed by atoms with Crippen molar-refractivity contribution < 1.29 is 14.7 Å². The number of carboxylic acid groups (broad SMARTS) is 1. The van der Waals surface area contributed by atoms with Gasteiger partial charge in [0.05, 0.1) is 10.7 Å². The summed E-state index contributed by atoms with van der Waals surface area (Å²) in [5.74, 6) is -1.59. The van der Waals surface area contributed by atoms with Gasteiger partial charge in [-0.15, -0.1) is 0 Å². The van der Waals surface area contributed by atoms with E-state index in [9.17, 15) is 9.59 Å². The van der Waals surface area contributed by atoms with Crippen LogP contribution in [-0.4, -0.2) is 17.0 Å². The Morgan fingerprint density at radius 3 is 2.35 bits per heavy atom. The smallest absolute Gasteiger partial charge is 0.339 e. The number of rotatable bonds is 3. The number of carboxylic acids is 1. The minimum atomic E-state index is -1.19. The highest BCUT2D eigenvalue weighted by Gasteiger charge is 2.16. The van der Waals surface area contributed by atoms with Crippen molar-refractivity contribution in [3.05, 3.63) is 63.1 Å². The van der Waals surface area contributed by atoms with Crippen LogP contribution in [0.15, 0.2) is 46.9 Å². The Kier molecular flexibility index (Phi) is 4.42. The Labute approximate surface area is 128 Å². The molecule has 4 nitrogen and oxygen atoms in total. The Hall–Kier alpha value is -1.85. The molecule has 1 amide bonds. The van der Waals surface area contributed by atoms with Crippen LogP contribution in [0, 0.1) is 0 Å². The van der Waals surface area contributed by atoms with Crippen molar-refractivity contribution in [2.75, 3.05) is 5.32 Å². The fourth-order valence-electron chi connectivity index (χ4n) is 1.64. The van der Waals surface area contributed by atoms with E-state index in [-0.39, 0.29) is 16.3 Å². The zero-order valence-electron chi connectivity index (χ0n) is 10.1. The summed E-state index contributed by atoms with van der Waals surface area (Å²) >= 11 is 9.11. The molecular weight excluding hydrogens is 346 g/mol. The lowest BCUT2D eigenvalue weighted by molar-refractivity contribution is 0.0698. The Morgan fingerprint density at radius 2 is 1.75 bits per heavy atom. The second-order valence-electron chi connectivity index (χ2n) is 3.93. The molecule has 0 aliphatic carbocycles. The van der Waals surface area contributed by atoms with Crippen molar-refractivity contribution in [2.24, 2.45) is 0 Å². The molecule has 20 heavy (non-hydrogen) atoms. The zero-order chi connectivity index (χ0) is 14.7. The lowest BCUT2D eigenvalue weighted by Gasteiger charge is -2.09. The van der Waals surface area contributed by atoms with E-state index in [2.05, 4.69) is 21.2 Å². The molecule has 0 fully saturated rings. The zero-order valence-corrected chi connectivity index (χ0v) is 12.4. The number of hydrogen-bond donors (Lipinski definition) is 2. The molecule has 0 atom stereocenters. The minimum Gasteiger partial charge on any atom is -0.478 e. The number of carbonyl (C=O) groups excluding carboxylic acids is 1. The summed E-state index contributed by atoms with van der Waals surface area (Å²) in [6.45, 7) is 0. The van der Waals surface area contributed by atoms with E-state index < -0.39 is 11.9 Å². The molecule has 0 spiro atoms. The fourth-order valence-corrected chi connectivity index (χ4v) is 2.16. The molecule has 0 unspecified atom stereocenters. The Morgan fingerprint density at radius 1 is 1.10 bits per heavy atom. The third kappa shape index (κ3) is 3.18. The van der Waals surface area contributed by atoms with E-state index >= 15 is 0 Å². The summed E-state index contributed by atoms with van der Waals surface area (Å²) < 4.78 is 0.850. The first-order valence-corrected chi connectivity index (χ1v) is 6.75. The first kappa shape index (κ1) is 14.6. The summed E-state index contributed by atoms with van der Waals surface area (Å²) in [5, 5.41) is 11.7. The molecule has 0 saturated carbocycles. The summed E-state index contributed by atoms with van der Waals surface area (Å²) in [6, 6.07) is 11.2. The molecule has 2 N–H and O–H groups in total. The maximum absolute atomic E-state index is 12.0. The van der Waals surface area contributed by atoms with Gasteiger partial charge in [0.15, 0.2) is 0 Å². The molecule has 0 radical (unpaired) electrons. The predicted molar refractivity (Wildman–Crippen MR) is 80.5 cm³/mol. The molecule has 2 aromatic carbocycles. The van der Waals surface area contributed by atoms with Gasteiger partial charge in [0.2, 0.25) is 0 Å². The quantitative estimate of drug-likeness (QED) is 0.874. The fraction of sp³-hybridized carbons (Fsp3) is 0. The largest absolute Gasteiger partial charge is 0.478 e. The van der Waals surface area contributed by atoms with Crippen molar-refractivity contribution in [3.8, 4) is 0 Å². The maximum atomic E-state index is 12.0. The molecule has 2 aromatic rings. The summed E-state index contributed by atoms with van der Waals surface area (Å²) in [5.41, 5.74) is 0.460. The normalized spacial score (nSPS) is 10.1. The van der Waals surface area contributed by atoms with Gasteiger partial charge in [-0.25, -0.2) is 4.79 Å². The van der Waals surface area contributed by atoms with E-state index in [1.165, 1.54) is 12.1 Å². The monoisotopic (exact) mass is 353 g/mol. The number of carbonyl (C=O) groups is 2. The summed E-state index contributed by atoms with van der Waals surface area (Å²) in [4.78, 5) is 23.2. The van der Waals surface area contributed by atoms with Gasteiger partial charge in [-0.3, -0.25) is 4.79 Å². The molecule has 0 aromatic heterocycles. The molecule has 0 bridgehead atoms. The van der Waals surface area contributed by atoms with E-state index in [4.69, 9.17) is 16.7 Å². The van der Waals surface area contributed by atoms with Crippen molar-refractivity contribution in [3.63, 3.8) is 0 Å². The van der Waals surface area contributed by atoms with Crippen molar-refractivity contribution in [1.82, 2.24) is 0 Å². The average molecular weight is 355 g/mol. The Balaban J connectivity index is 2.30. The highest BCUT2D eigenvalue weighted by atomic mass is 79.9. The second kappa shape index (κ2) is 6.07. The topological polar surface area (TPSA) is 66.4 Å². The molecule has 6 heteroatoms. The van der Waals surface area contributed by atoms with Crippen molar-refractivity contribution >= 4 is 45.1 Å². The van der Waals surface area contributed by atoms with Gasteiger partial charge in [0, 0.05) is 10.0 Å². The highest BCUT2D eigenvalue weighted by Crippen LogP contribution is 2.25. The third-order valence-electron chi connectivity index (χ3n) is 2.58. The predicted octanol–water partition coefficient (Wildman–Crippen LogP) is 4.05. The molecular formula is C14H9BrClNO3. The number of amides is 1. The van der Waals surface area contributed by atoms with Crippen LogP contribution in [0.4, 0.5) is 5.69 Å². The van der Waals surface area contributed by atoms with Crippen molar-refractivity contribution in [2.45, 2.75) is 0 Å². The molecule has 0 aliphatic heterocycles. The first-order chi connectivity index (χ1) is 9.49. The van der Waals surface area contributed by atoms with E-state index in [0.717, 1.165) is 4.47 Å². The summed E-state index contributed by atoms with van der Waals surface area (Å²) in [6.07, 6.45) is 0. The first-order valence-electron chi connectivity index (χ1n) is 5.58. The number of benzene rings is 2. The van der Waals surface area contributed by atoms with Crippen LogP contribution in [0.2, 0.25) is 5.02 Å². The standard InChI is InChI=1S/C14H9BrClNO3/c15-9-6-4-8(5-7-9)13(18)17-11-3-1-2-10(16)12(11)14(19)20/h1-7H,(H,17,18)(H,19,20). The molecule has 0 saturated heterocycles. The second-order valence-corrected chi connectivity index (χ2v) is 5.25. The number of nitrogens with one attached hydrogen (secondary N) is 1. The van der Waals surface area contributed by atoms with Crippen LogP contribution in [0.1, 0.15) is 20.7 Å². The van der Waals surface area contributed by atoms with Crippen LogP contribution in [0.5, 0.6) is 0 Å². The highest BCUT2D eigenvalue weighted by molar-refractivity contribution is 9.10. The van der Waals surface area contributed by atoms with Gasteiger partial charge >= 0.3 is 5.97 Å². The molecule has 0 heterocycles. The van der Waals surface area contributed by atoms with Crippen LogP contribution in [-0.2, 0) is 0 Å². The third-order valence-corrected chi connectivity index (χ3v) is 3.43. The lowest BCUT2D eigenvalue weighted by atomic mass is 10.1. The van der Waals surface area contributed by atoms with Crippen LogP contribution in [0.25, 0.3) is 0 Å². The number of hydrogen-bond acceptors (Lipinski definition) is 2. The van der Waals surface area contributed by atoms with Gasteiger partial charge in [0.25, 0.3) is 5.91 Å². The van der Waals surface area contributed by atoms with Crippen LogP contribution in [0.3, 0.4) is 0 Å². The van der Waals surface area contributed by atoms with Crippen LogP contribution >= 0.6 is 27.5 Å². The lowest BCUT2D eigenvalue weighted by Crippen LogP contribution is -2.15. The van der Waals surface area contributed by atoms with E-state index in [1.54, 1.807) is 30.3 Å². The molecule has 0 aliphatic rings. The van der Waals surface area contributed by atoms with Gasteiger partial charge in [0.1, 0.15) is 5.56 Å². The summed E-state index contributed by atoms with van der Waals surface area (Å²) in [7, 11) is 0. The van der Waals surface area contributed by atoms with Gasteiger partial charge < -0.3 is 10.4 Å². The van der Waals surface area contributed by atoms with Crippen molar-refractivity contribution in [1.29, 1.82) is 0 Å². The Bertz CT molecular complexity index is 671. The number of halogens is 2. The number of aromatic carboxylic acids is 1. The maximum Gasteiger partial charge on any atom is 0.339 e.